The monoisotopic (exact) mass is 442 g/mol. The third-order valence-corrected chi connectivity index (χ3v) is 6.53. The van der Waals surface area contributed by atoms with E-state index in [-0.39, 0.29) is 17.1 Å². The van der Waals surface area contributed by atoms with Gasteiger partial charge in [0.2, 0.25) is 5.91 Å². The van der Waals surface area contributed by atoms with Gasteiger partial charge in [-0.1, -0.05) is 48.5 Å². The van der Waals surface area contributed by atoms with Crippen molar-refractivity contribution in [3.05, 3.63) is 90.2 Å². The van der Waals surface area contributed by atoms with E-state index in [1.165, 1.54) is 42.3 Å². The third-order valence-electron chi connectivity index (χ3n) is 4.76. The van der Waals surface area contributed by atoms with Gasteiger partial charge in [-0.25, -0.2) is 12.8 Å². The Labute approximate surface area is 181 Å². The highest BCUT2D eigenvalue weighted by Crippen LogP contribution is 2.26. The molecular weight excluding hydrogens is 419 g/mol. The van der Waals surface area contributed by atoms with Crippen LogP contribution in [0.25, 0.3) is 0 Å². The van der Waals surface area contributed by atoms with Crippen LogP contribution >= 0.6 is 0 Å². The first kappa shape index (κ1) is 22.3. The van der Waals surface area contributed by atoms with E-state index in [9.17, 15) is 17.6 Å². The summed E-state index contributed by atoms with van der Waals surface area (Å²) in [5.41, 5.74) is 0.578. The van der Waals surface area contributed by atoms with Gasteiger partial charge in [0.15, 0.2) is 0 Å². The number of sulfonamides is 1. The fourth-order valence-electron chi connectivity index (χ4n) is 3.09. The predicted molar refractivity (Wildman–Crippen MR) is 117 cm³/mol. The standard InChI is InChI=1S/C23H23FN2O4S/c1-25(16-18-10-6-9-15-22(18)30-2)23(27)17-26(21-14-8-7-13-20(21)24)31(28,29)19-11-4-3-5-12-19/h3-15H,16-17H2,1-2H3. The van der Waals surface area contributed by atoms with Gasteiger partial charge in [-0.2, -0.15) is 0 Å². The number of rotatable bonds is 8. The number of halogens is 1. The normalized spacial score (nSPS) is 11.1. The van der Waals surface area contributed by atoms with Crippen LogP contribution in [-0.4, -0.2) is 39.9 Å². The molecule has 0 N–H and O–H groups in total. The van der Waals surface area contributed by atoms with Crippen molar-refractivity contribution in [2.45, 2.75) is 11.4 Å². The molecule has 3 rings (SSSR count). The number of likely N-dealkylation sites (N-methyl/N-ethyl adjacent to an activating group) is 1. The van der Waals surface area contributed by atoms with Gasteiger partial charge in [0.1, 0.15) is 18.1 Å². The summed E-state index contributed by atoms with van der Waals surface area (Å²) in [6.07, 6.45) is 0. The van der Waals surface area contributed by atoms with E-state index in [4.69, 9.17) is 4.74 Å². The Balaban J connectivity index is 1.92. The van der Waals surface area contributed by atoms with E-state index in [1.807, 2.05) is 18.2 Å². The maximum Gasteiger partial charge on any atom is 0.264 e. The van der Waals surface area contributed by atoms with E-state index >= 15 is 0 Å². The molecule has 0 fully saturated rings. The summed E-state index contributed by atoms with van der Waals surface area (Å²) >= 11 is 0. The van der Waals surface area contributed by atoms with Crippen LogP contribution in [-0.2, 0) is 21.4 Å². The van der Waals surface area contributed by atoms with Crippen LogP contribution < -0.4 is 9.04 Å². The molecule has 3 aromatic rings. The number of carbonyl (C=O) groups is 1. The lowest BCUT2D eigenvalue weighted by atomic mass is 10.2. The number of anilines is 1. The van der Waals surface area contributed by atoms with Crippen molar-refractivity contribution in [1.82, 2.24) is 4.90 Å². The third kappa shape index (κ3) is 5.03. The molecule has 0 heterocycles. The van der Waals surface area contributed by atoms with Crippen molar-refractivity contribution in [2.75, 3.05) is 25.0 Å². The molecule has 3 aromatic carbocycles. The van der Waals surface area contributed by atoms with Crippen molar-refractivity contribution in [3.63, 3.8) is 0 Å². The average molecular weight is 443 g/mol. The van der Waals surface area contributed by atoms with Crippen molar-refractivity contribution < 1.29 is 22.3 Å². The van der Waals surface area contributed by atoms with Gasteiger partial charge in [-0.3, -0.25) is 9.10 Å². The SMILES string of the molecule is COc1ccccc1CN(C)C(=O)CN(c1ccccc1F)S(=O)(=O)c1ccccc1. The summed E-state index contributed by atoms with van der Waals surface area (Å²) < 4.78 is 47.2. The van der Waals surface area contributed by atoms with E-state index in [0.29, 0.717) is 5.75 Å². The number of methoxy groups -OCH3 is 1. The Morgan fingerprint density at radius 1 is 0.935 bits per heavy atom. The summed E-state index contributed by atoms with van der Waals surface area (Å²) in [6, 6.07) is 20.3. The second-order valence-corrected chi connectivity index (χ2v) is 8.70. The summed E-state index contributed by atoms with van der Waals surface area (Å²) in [5, 5.41) is 0. The minimum absolute atomic E-state index is 0.0292. The Kier molecular flexibility index (Phi) is 6.91. The van der Waals surface area contributed by atoms with Crippen LogP contribution in [0.2, 0.25) is 0 Å². The first-order valence-corrected chi connectivity index (χ1v) is 11.0. The van der Waals surface area contributed by atoms with E-state index in [0.717, 1.165) is 15.9 Å². The minimum atomic E-state index is -4.17. The number of nitrogens with zero attached hydrogens (tertiary/aromatic N) is 2. The summed E-state index contributed by atoms with van der Waals surface area (Å²) in [7, 11) is -1.08. The number of ether oxygens (including phenoxy) is 1. The number of benzene rings is 3. The van der Waals surface area contributed by atoms with Crippen LogP contribution in [0.3, 0.4) is 0 Å². The van der Waals surface area contributed by atoms with Crippen LogP contribution in [0.15, 0.2) is 83.8 Å². The molecule has 31 heavy (non-hydrogen) atoms. The second-order valence-electron chi connectivity index (χ2n) is 6.84. The van der Waals surface area contributed by atoms with E-state index in [2.05, 4.69) is 0 Å². The first-order valence-electron chi connectivity index (χ1n) is 9.52. The molecule has 0 saturated heterocycles. The first-order chi connectivity index (χ1) is 14.8. The second kappa shape index (κ2) is 9.61. The molecule has 0 aliphatic rings. The molecule has 0 aliphatic carbocycles. The summed E-state index contributed by atoms with van der Waals surface area (Å²) in [4.78, 5) is 14.3. The average Bonchev–Trinajstić information content (AvgIpc) is 2.78. The minimum Gasteiger partial charge on any atom is -0.496 e. The number of para-hydroxylation sites is 2. The van der Waals surface area contributed by atoms with Gasteiger partial charge >= 0.3 is 0 Å². The maximum atomic E-state index is 14.5. The Hall–Kier alpha value is -3.39. The topological polar surface area (TPSA) is 66.9 Å². The molecule has 0 bridgehead atoms. The largest absolute Gasteiger partial charge is 0.496 e. The zero-order valence-corrected chi connectivity index (χ0v) is 18.0. The lowest BCUT2D eigenvalue weighted by Gasteiger charge is -2.27. The number of hydrogen-bond acceptors (Lipinski definition) is 4. The molecule has 0 aromatic heterocycles. The molecule has 0 unspecified atom stereocenters. The lowest BCUT2D eigenvalue weighted by Crippen LogP contribution is -2.41. The highest BCUT2D eigenvalue weighted by molar-refractivity contribution is 7.92. The van der Waals surface area contributed by atoms with Crippen molar-refractivity contribution in [3.8, 4) is 5.75 Å². The van der Waals surface area contributed by atoms with Gasteiger partial charge in [-0.05, 0) is 30.3 Å². The fourth-order valence-corrected chi connectivity index (χ4v) is 4.54. The van der Waals surface area contributed by atoms with Crippen molar-refractivity contribution in [1.29, 1.82) is 0 Å². The lowest BCUT2D eigenvalue weighted by molar-refractivity contribution is -0.128. The molecule has 0 radical (unpaired) electrons. The molecular formula is C23H23FN2O4S. The molecule has 0 saturated carbocycles. The predicted octanol–water partition coefficient (Wildman–Crippen LogP) is 3.69. The fraction of sp³-hybridized carbons (Fsp3) is 0.174. The van der Waals surface area contributed by atoms with Gasteiger partial charge in [0.25, 0.3) is 10.0 Å². The zero-order valence-electron chi connectivity index (χ0n) is 17.2. The van der Waals surface area contributed by atoms with Gasteiger partial charge < -0.3 is 9.64 Å². The number of carbonyl (C=O) groups excluding carboxylic acids is 1. The van der Waals surface area contributed by atoms with E-state index in [1.54, 1.807) is 31.3 Å². The van der Waals surface area contributed by atoms with Crippen molar-refractivity contribution in [2.24, 2.45) is 0 Å². The smallest absolute Gasteiger partial charge is 0.264 e. The van der Waals surface area contributed by atoms with Gasteiger partial charge in [0.05, 0.1) is 17.7 Å². The van der Waals surface area contributed by atoms with Gasteiger partial charge in [-0.15, -0.1) is 0 Å². The molecule has 1 amide bonds. The molecule has 0 atom stereocenters. The number of hydrogen-bond donors (Lipinski definition) is 0. The summed E-state index contributed by atoms with van der Waals surface area (Å²) in [5.74, 6) is -0.610. The maximum absolute atomic E-state index is 14.5. The molecule has 0 spiro atoms. The van der Waals surface area contributed by atoms with Crippen LogP contribution in [0.1, 0.15) is 5.56 Å². The zero-order chi connectivity index (χ0) is 22.4. The van der Waals surface area contributed by atoms with Crippen molar-refractivity contribution >= 4 is 21.6 Å². The molecule has 8 heteroatoms. The highest BCUT2D eigenvalue weighted by atomic mass is 32.2. The molecule has 0 aliphatic heterocycles. The summed E-state index contributed by atoms with van der Waals surface area (Å²) in [6.45, 7) is -0.344. The Bertz CT molecular complexity index is 1150. The number of amides is 1. The Morgan fingerprint density at radius 3 is 2.23 bits per heavy atom. The van der Waals surface area contributed by atoms with Gasteiger partial charge in [0, 0.05) is 19.2 Å². The van der Waals surface area contributed by atoms with Crippen LogP contribution in [0.5, 0.6) is 5.75 Å². The van der Waals surface area contributed by atoms with Crippen LogP contribution in [0, 0.1) is 5.82 Å². The highest BCUT2D eigenvalue weighted by Gasteiger charge is 2.30. The Morgan fingerprint density at radius 2 is 1.55 bits per heavy atom. The quantitative estimate of drug-likeness (QED) is 0.534. The molecule has 6 nitrogen and oxygen atoms in total. The molecule has 162 valence electrons. The van der Waals surface area contributed by atoms with Crippen LogP contribution in [0.4, 0.5) is 10.1 Å². The van der Waals surface area contributed by atoms with E-state index < -0.39 is 28.3 Å².